The fourth-order valence-corrected chi connectivity index (χ4v) is 8.42. The van der Waals surface area contributed by atoms with Gasteiger partial charge in [0, 0.05) is 36.9 Å². The highest BCUT2D eigenvalue weighted by Crippen LogP contribution is 2.74. The molecule has 6 rings (SSSR count). The molecule has 4 aliphatic carbocycles. The lowest BCUT2D eigenvalue weighted by atomic mass is 9.45. The van der Waals surface area contributed by atoms with Crippen molar-refractivity contribution in [2.75, 3.05) is 13.1 Å². The van der Waals surface area contributed by atoms with E-state index in [0.717, 1.165) is 49.9 Å². The summed E-state index contributed by atoms with van der Waals surface area (Å²) in [5.74, 6) is 1.46. The molecule has 4 fully saturated rings. The molecule has 1 spiro atoms. The summed E-state index contributed by atoms with van der Waals surface area (Å²) >= 11 is 0. The third kappa shape index (κ3) is 1.34. The Morgan fingerprint density at radius 1 is 1.20 bits per heavy atom. The summed E-state index contributed by atoms with van der Waals surface area (Å²) < 4.78 is 0. The quantitative estimate of drug-likeness (QED) is 0.733. The molecule has 2 saturated heterocycles. The molecule has 2 saturated carbocycles. The molecule has 4 nitrogen and oxygen atoms in total. The molecule has 0 amide bonds. The van der Waals surface area contributed by atoms with Gasteiger partial charge >= 0.3 is 0 Å². The lowest BCUT2D eigenvalue weighted by Gasteiger charge is -2.59. The number of hydrogen-bond acceptors (Lipinski definition) is 4. The lowest BCUT2D eigenvalue weighted by Crippen LogP contribution is -2.65. The first kappa shape index (κ1) is 15.1. The lowest BCUT2D eigenvalue weighted by molar-refractivity contribution is -0.157. The highest BCUT2D eigenvalue weighted by atomic mass is 16.3. The molecule has 25 heavy (non-hydrogen) atoms. The Morgan fingerprint density at radius 2 is 2.00 bits per heavy atom. The van der Waals surface area contributed by atoms with Crippen LogP contribution in [-0.4, -0.2) is 46.3 Å². The highest BCUT2D eigenvalue weighted by Gasteiger charge is 2.77. The maximum absolute atomic E-state index is 14.0. The zero-order chi connectivity index (χ0) is 17.4. The van der Waals surface area contributed by atoms with Crippen LogP contribution in [0.4, 0.5) is 0 Å². The second kappa shape index (κ2) is 4.12. The van der Waals surface area contributed by atoms with E-state index in [4.69, 9.17) is 0 Å². The summed E-state index contributed by atoms with van der Waals surface area (Å²) in [7, 11) is 0. The minimum atomic E-state index is -1.03. The topological polar surface area (TPSA) is 57.6 Å². The number of rotatable bonds is 0. The predicted molar refractivity (Wildman–Crippen MR) is 91.7 cm³/mol. The minimum Gasteiger partial charge on any atom is -0.385 e. The van der Waals surface area contributed by atoms with E-state index in [1.54, 1.807) is 0 Å². The largest absolute Gasteiger partial charge is 0.385 e. The first-order valence-corrected chi connectivity index (χ1v) is 10.1. The van der Waals surface area contributed by atoms with Gasteiger partial charge in [0.25, 0.3) is 0 Å². The third-order valence-corrected chi connectivity index (χ3v) is 9.44. The Hall–Kier alpha value is -1.00. The van der Waals surface area contributed by atoms with E-state index in [1.807, 2.05) is 0 Å². The first-order chi connectivity index (χ1) is 11.8. The summed E-state index contributed by atoms with van der Waals surface area (Å²) in [5, 5.41) is 11.4. The summed E-state index contributed by atoms with van der Waals surface area (Å²) in [6.45, 7) is 6.68. The summed E-state index contributed by atoms with van der Waals surface area (Å²) in [4.78, 5) is 29.4. The van der Waals surface area contributed by atoms with Crippen LogP contribution in [0.25, 0.3) is 0 Å². The number of aliphatic hydroxyl groups is 1. The van der Waals surface area contributed by atoms with Crippen LogP contribution in [0, 0.1) is 28.6 Å². The number of ketones is 2. The van der Waals surface area contributed by atoms with Crippen LogP contribution in [0.15, 0.2) is 11.1 Å². The summed E-state index contributed by atoms with van der Waals surface area (Å²) in [6, 6.07) is 0.446. The van der Waals surface area contributed by atoms with Crippen molar-refractivity contribution >= 4 is 11.6 Å². The Morgan fingerprint density at radius 3 is 2.80 bits per heavy atom. The number of carbonyl (C=O) groups is 2. The number of Topliss-reactive ketones (excluding diaryl/α,β-unsaturated/α-hetero) is 2. The van der Waals surface area contributed by atoms with Crippen LogP contribution < -0.4 is 0 Å². The monoisotopic (exact) mass is 341 g/mol. The molecule has 6 aliphatic rings. The molecule has 0 unspecified atom stereocenters. The van der Waals surface area contributed by atoms with Gasteiger partial charge in [-0.2, -0.15) is 0 Å². The molecule has 0 aromatic carbocycles. The molecule has 134 valence electrons. The van der Waals surface area contributed by atoms with Gasteiger partial charge < -0.3 is 5.11 Å². The van der Waals surface area contributed by atoms with Crippen LogP contribution in [0.1, 0.15) is 52.4 Å². The van der Waals surface area contributed by atoms with Crippen molar-refractivity contribution in [3.63, 3.8) is 0 Å². The number of carbonyl (C=O) groups excluding carboxylic acids is 2. The van der Waals surface area contributed by atoms with Crippen LogP contribution in [0.2, 0.25) is 0 Å². The van der Waals surface area contributed by atoms with Crippen LogP contribution in [0.3, 0.4) is 0 Å². The Bertz CT molecular complexity index is 771. The molecule has 2 bridgehead atoms. The Labute approximate surface area is 148 Å². The van der Waals surface area contributed by atoms with E-state index in [2.05, 4.69) is 18.7 Å². The van der Waals surface area contributed by atoms with Gasteiger partial charge in [-0.3, -0.25) is 14.5 Å². The van der Waals surface area contributed by atoms with Crippen molar-refractivity contribution in [2.24, 2.45) is 28.6 Å². The van der Waals surface area contributed by atoms with Crippen molar-refractivity contribution in [1.29, 1.82) is 0 Å². The molecule has 0 aromatic heterocycles. The normalized spacial score (nSPS) is 56.4. The maximum atomic E-state index is 14.0. The number of hydrogen-bond donors (Lipinski definition) is 1. The fraction of sp³-hybridized carbons (Fsp3) is 0.810. The van der Waals surface area contributed by atoms with Gasteiger partial charge in [0.1, 0.15) is 5.78 Å². The number of nitrogens with zero attached hydrogens (tertiary/aromatic N) is 1. The SMILES string of the molecule is C[C@H]1CN2C[C@@H]3CCC4=C5[C@](O)(CC[C@]56C(=O)[C@H]1C[C@H]2[C@]36C)CC4=O. The zero-order valence-corrected chi connectivity index (χ0v) is 15.2. The molecule has 1 N–H and O–H groups in total. The van der Waals surface area contributed by atoms with Gasteiger partial charge in [0.15, 0.2) is 5.78 Å². The van der Waals surface area contributed by atoms with Gasteiger partial charge in [-0.15, -0.1) is 0 Å². The molecule has 0 radical (unpaired) electrons. The molecule has 2 heterocycles. The van der Waals surface area contributed by atoms with Crippen LogP contribution in [-0.2, 0) is 9.59 Å². The van der Waals surface area contributed by atoms with Gasteiger partial charge in [-0.05, 0) is 55.1 Å². The van der Waals surface area contributed by atoms with Crippen LogP contribution in [0.5, 0.6) is 0 Å². The fourth-order valence-electron chi connectivity index (χ4n) is 8.42. The van der Waals surface area contributed by atoms with E-state index in [1.165, 1.54) is 0 Å². The van der Waals surface area contributed by atoms with Crippen molar-refractivity contribution in [2.45, 2.75) is 64.0 Å². The van der Waals surface area contributed by atoms with Crippen molar-refractivity contribution in [3.05, 3.63) is 11.1 Å². The molecule has 0 aromatic rings. The second-order valence-corrected chi connectivity index (χ2v) is 10.1. The molecular formula is C21H27NO3. The zero-order valence-electron chi connectivity index (χ0n) is 15.2. The average Bonchev–Trinajstić information content (AvgIpc) is 3.06. The minimum absolute atomic E-state index is 0.104. The number of piperidine rings is 1. The Balaban J connectivity index is 1.69. The van der Waals surface area contributed by atoms with Crippen molar-refractivity contribution in [1.82, 2.24) is 4.90 Å². The summed E-state index contributed by atoms with van der Waals surface area (Å²) in [6.07, 6.45) is 4.34. The third-order valence-electron chi connectivity index (χ3n) is 9.44. The highest BCUT2D eigenvalue weighted by molar-refractivity contribution is 6.05. The second-order valence-electron chi connectivity index (χ2n) is 10.1. The number of fused-ring (bicyclic) bond motifs is 1. The molecule has 7 atom stereocenters. The van der Waals surface area contributed by atoms with Crippen molar-refractivity contribution in [3.8, 4) is 0 Å². The van der Waals surface area contributed by atoms with Gasteiger partial charge in [-0.25, -0.2) is 0 Å². The van der Waals surface area contributed by atoms with Crippen LogP contribution >= 0.6 is 0 Å². The van der Waals surface area contributed by atoms with Gasteiger partial charge in [0.2, 0.25) is 0 Å². The first-order valence-electron chi connectivity index (χ1n) is 10.1. The van der Waals surface area contributed by atoms with E-state index >= 15 is 0 Å². The molecule has 2 aliphatic heterocycles. The Kier molecular flexibility index (Phi) is 2.49. The maximum Gasteiger partial charge on any atom is 0.162 e. The number of allylic oxidation sites excluding steroid dienone is 1. The standard InChI is InChI=1S/C21H27NO3/c1-11-9-22-10-12-3-4-13-15(23)8-20(25)5-6-21(17(13)20)18(24)14(11)7-16(22)19(12,21)2/h11-12,14,16,25H,3-10H2,1-2H3/t11-,12-,14-,16-,19-,20-,21+/m0/s1. The molecule has 4 heteroatoms. The molecular weight excluding hydrogens is 314 g/mol. The van der Waals surface area contributed by atoms with E-state index < -0.39 is 11.0 Å². The van der Waals surface area contributed by atoms with E-state index in [-0.39, 0.29) is 23.5 Å². The summed E-state index contributed by atoms with van der Waals surface area (Å²) in [5.41, 5.74) is 0.0603. The van der Waals surface area contributed by atoms with Gasteiger partial charge in [-0.1, -0.05) is 13.8 Å². The van der Waals surface area contributed by atoms with E-state index in [0.29, 0.717) is 30.1 Å². The van der Waals surface area contributed by atoms with Gasteiger partial charge in [0.05, 0.1) is 11.0 Å². The smallest absolute Gasteiger partial charge is 0.162 e. The van der Waals surface area contributed by atoms with E-state index in [9.17, 15) is 14.7 Å². The van der Waals surface area contributed by atoms with Crippen molar-refractivity contribution < 1.29 is 14.7 Å². The predicted octanol–water partition coefficient (Wildman–Crippen LogP) is 2.11. The average molecular weight is 341 g/mol.